The number of aryl methyl sites for hydroxylation is 1. The van der Waals surface area contributed by atoms with Crippen LogP contribution in [0.5, 0.6) is 0 Å². The molecule has 4 aromatic heterocycles. The van der Waals surface area contributed by atoms with Crippen molar-refractivity contribution in [1.29, 1.82) is 0 Å². The molecular formula is C22H24N8O3. The molecule has 11 heteroatoms. The number of aromatic nitrogens is 5. The highest BCUT2D eigenvalue weighted by molar-refractivity contribution is 6.01. The Balaban J connectivity index is 1.74. The van der Waals surface area contributed by atoms with Crippen molar-refractivity contribution in [1.82, 2.24) is 29.2 Å². The quantitative estimate of drug-likeness (QED) is 0.458. The average Bonchev–Trinajstić information content (AvgIpc) is 3.34. The molecule has 0 spiro atoms. The van der Waals surface area contributed by atoms with Gasteiger partial charge in [-0.2, -0.15) is 4.98 Å². The molecule has 2 amide bonds. The van der Waals surface area contributed by atoms with Gasteiger partial charge in [0.1, 0.15) is 28.6 Å². The first-order valence-corrected chi connectivity index (χ1v) is 10.3. The molecule has 0 bridgehead atoms. The third kappa shape index (κ3) is 4.38. The predicted molar refractivity (Wildman–Crippen MR) is 122 cm³/mol. The number of hydrogen-bond acceptors (Lipinski definition) is 8. The Labute approximate surface area is 189 Å². The van der Waals surface area contributed by atoms with E-state index in [1.807, 2.05) is 36.6 Å². The Bertz CT molecular complexity index is 1330. The summed E-state index contributed by atoms with van der Waals surface area (Å²) in [6.07, 6.45) is 6.31. The summed E-state index contributed by atoms with van der Waals surface area (Å²) in [5.74, 6) is 0.0604. The number of nitrogens with zero attached hydrogens (tertiary/aromatic N) is 6. The van der Waals surface area contributed by atoms with Crippen LogP contribution < -0.4 is 11.1 Å². The number of carbonyl (C=O) groups excluding carboxylic acids is 2. The van der Waals surface area contributed by atoms with Gasteiger partial charge in [-0.25, -0.2) is 9.97 Å². The zero-order valence-corrected chi connectivity index (χ0v) is 18.7. The van der Waals surface area contributed by atoms with Gasteiger partial charge < -0.3 is 19.5 Å². The van der Waals surface area contributed by atoms with Crippen molar-refractivity contribution in [2.45, 2.75) is 26.2 Å². The average molecular weight is 448 g/mol. The maximum atomic E-state index is 12.5. The van der Waals surface area contributed by atoms with Crippen molar-refractivity contribution in [3.8, 4) is 11.3 Å². The number of imidazole rings is 1. The number of oxazole rings is 1. The van der Waals surface area contributed by atoms with Crippen LogP contribution >= 0.6 is 0 Å². The van der Waals surface area contributed by atoms with Gasteiger partial charge in [-0.05, 0) is 19.1 Å². The smallest absolute Gasteiger partial charge is 0.302 e. The van der Waals surface area contributed by atoms with Crippen LogP contribution in [0.4, 0.5) is 11.8 Å². The van der Waals surface area contributed by atoms with Gasteiger partial charge >= 0.3 is 6.01 Å². The Morgan fingerprint density at radius 1 is 1.24 bits per heavy atom. The van der Waals surface area contributed by atoms with E-state index in [0.717, 1.165) is 11.3 Å². The van der Waals surface area contributed by atoms with Crippen LogP contribution in [-0.4, -0.2) is 55.1 Å². The van der Waals surface area contributed by atoms with Crippen molar-refractivity contribution >= 4 is 29.3 Å². The van der Waals surface area contributed by atoms with Crippen molar-refractivity contribution in [2.75, 3.05) is 25.1 Å². The first kappa shape index (κ1) is 21.9. The molecule has 4 rings (SSSR count). The lowest BCUT2D eigenvalue weighted by Crippen LogP contribution is -2.23. The van der Waals surface area contributed by atoms with E-state index in [4.69, 9.17) is 10.2 Å². The fourth-order valence-corrected chi connectivity index (χ4v) is 3.36. The van der Waals surface area contributed by atoms with Crippen molar-refractivity contribution < 1.29 is 14.0 Å². The summed E-state index contributed by atoms with van der Waals surface area (Å²) in [7, 11) is 3.39. The molecule has 170 valence electrons. The first-order chi connectivity index (χ1) is 15.7. The van der Waals surface area contributed by atoms with Gasteiger partial charge in [-0.15, -0.1) is 0 Å². The van der Waals surface area contributed by atoms with Crippen LogP contribution in [0.2, 0.25) is 0 Å². The summed E-state index contributed by atoms with van der Waals surface area (Å²) in [4.78, 5) is 43.1. The summed E-state index contributed by atoms with van der Waals surface area (Å²) < 4.78 is 7.80. The molecule has 0 aromatic carbocycles. The van der Waals surface area contributed by atoms with Crippen LogP contribution in [0.3, 0.4) is 0 Å². The van der Waals surface area contributed by atoms with Gasteiger partial charge in [0.05, 0.1) is 11.9 Å². The Kier molecular flexibility index (Phi) is 5.78. The van der Waals surface area contributed by atoms with E-state index in [1.54, 1.807) is 14.1 Å². The zero-order chi connectivity index (χ0) is 23.7. The van der Waals surface area contributed by atoms with Crippen LogP contribution in [0, 0.1) is 6.92 Å². The van der Waals surface area contributed by atoms with E-state index < -0.39 is 5.91 Å². The molecule has 0 radical (unpaired) electrons. The van der Waals surface area contributed by atoms with E-state index in [9.17, 15) is 9.59 Å². The van der Waals surface area contributed by atoms with E-state index in [-0.39, 0.29) is 30.0 Å². The molecule has 0 aliphatic heterocycles. The summed E-state index contributed by atoms with van der Waals surface area (Å²) in [6.45, 7) is 3.74. The lowest BCUT2D eigenvalue weighted by atomic mass is 10.00. The number of hydrogen-bond donors (Lipinski definition) is 2. The largest absolute Gasteiger partial charge is 0.427 e. The van der Waals surface area contributed by atoms with Crippen molar-refractivity contribution in [3.63, 3.8) is 0 Å². The molecule has 0 aliphatic rings. The van der Waals surface area contributed by atoms with Crippen LogP contribution in [0.15, 0.2) is 41.3 Å². The lowest BCUT2D eigenvalue weighted by molar-refractivity contribution is -0.129. The Morgan fingerprint density at radius 3 is 2.73 bits per heavy atom. The predicted octanol–water partition coefficient (Wildman–Crippen LogP) is 2.50. The molecule has 0 fully saturated rings. The SMILES string of the molecule is Cc1c(N)nc2ccc(-c3nc(NC(=O)c4cnccn4)oc3[C@@H](C)CC(=O)N(C)C)cn12. The molecule has 3 N–H and O–H groups in total. The molecule has 4 aromatic rings. The highest BCUT2D eigenvalue weighted by Crippen LogP contribution is 2.34. The number of anilines is 2. The van der Waals surface area contributed by atoms with Gasteiger partial charge in [0.15, 0.2) is 0 Å². The minimum atomic E-state index is -0.506. The van der Waals surface area contributed by atoms with Crippen molar-refractivity contribution in [3.05, 3.63) is 54.1 Å². The number of rotatable bonds is 6. The lowest BCUT2D eigenvalue weighted by Gasteiger charge is -2.14. The van der Waals surface area contributed by atoms with E-state index in [2.05, 4.69) is 25.3 Å². The molecule has 0 saturated carbocycles. The molecular weight excluding hydrogens is 424 g/mol. The van der Waals surface area contributed by atoms with Crippen LogP contribution in [0.1, 0.15) is 41.2 Å². The zero-order valence-electron chi connectivity index (χ0n) is 18.7. The number of fused-ring (bicyclic) bond motifs is 1. The highest BCUT2D eigenvalue weighted by atomic mass is 16.4. The Morgan fingerprint density at radius 2 is 2.03 bits per heavy atom. The number of nitrogen functional groups attached to an aromatic ring is 1. The van der Waals surface area contributed by atoms with E-state index in [0.29, 0.717) is 22.9 Å². The monoisotopic (exact) mass is 448 g/mol. The van der Waals surface area contributed by atoms with Gasteiger partial charge in [0.2, 0.25) is 5.91 Å². The summed E-state index contributed by atoms with van der Waals surface area (Å²) in [5, 5.41) is 2.62. The van der Waals surface area contributed by atoms with E-state index >= 15 is 0 Å². The number of nitrogens with two attached hydrogens (primary N) is 1. The molecule has 0 saturated heterocycles. The number of pyridine rings is 1. The number of nitrogens with one attached hydrogen (secondary N) is 1. The standard InChI is InChI=1S/C22H24N8O3/c1-12(9-17(31)29(3)4)19-18(14-5-6-16-26-20(23)13(2)30(16)11-14)27-22(33-19)28-21(32)15-10-24-7-8-25-15/h5-8,10-12H,9,23H2,1-4H3,(H,27,28,32)/t12-/m0/s1. The highest BCUT2D eigenvalue weighted by Gasteiger charge is 2.25. The second-order valence-electron chi connectivity index (χ2n) is 7.90. The fourth-order valence-electron chi connectivity index (χ4n) is 3.36. The topological polar surface area (TPSA) is 145 Å². The number of amides is 2. The minimum absolute atomic E-state index is 0.00164. The molecule has 4 heterocycles. The van der Waals surface area contributed by atoms with Gasteiger partial charge in [-0.3, -0.25) is 19.9 Å². The molecule has 1 atom stereocenters. The van der Waals surface area contributed by atoms with Crippen LogP contribution in [-0.2, 0) is 4.79 Å². The molecule has 11 nitrogen and oxygen atoms in total. The van der Waals surface area contributed by atoms with Gasteiger partial charge in [-0.1, -0.05) is 6.92 Å². The maximum Gasteiger partial charge on any atom is 0.302 e. The van der Waals surface area contributed by atoms with E-state index in [1.165, 1.54) is 23.5 Å². The molecule has 0 unspecified atom stereocenters. The maximum absolute atomic E-state index is 12.5. The summed E-state index contributed by atoms with van der Waals surface area (Å²) in [5.41, 5.74) is 8.81. The number of carbonyl (C=O) groups is 2. The summed E-state index contributed by atoms with van der Waals surface area (Å²) in [6, 6.07) is 3.67. The second kappa shape index (κ2) is 8.69. The molecule has 0 aliphatic carbocycles. The Hall–Kier alpha value is -4.28. The van der Waals surface area contributed by atoms with Crippen molar-refractivity contribution in [2.24, 2.45) is 0 Å². The normalized spacial score (nSPS) is 12.0. The second-order valence-corrected chi connectivity index (χ2v) is 7.90. The third-order valence-electron chi connectivity index (χ3n) is 5.26. The van der Waals surface area contributed by atoms with Gasteiger partial charge in [0, 0.05) is 50.6 Å². The summed E-state index contributed by atoms with van der Waals surface area (Å²) >= 11 is 0. The minimum Gasteiger partial charge on any atom is -0.427 e. The molecule has 33 heavy (non-hydrogen) atoms. The first-order valence-electron chi connectivity index (χ1n) is 10.3. The van der Waals surface area contributed by atoms with Gasteiger partial charge in [0.25, 0.3) is 5.91 Å². The third-order valence-corrected chi connectivity index (χ3v) is 5.26. The fraction of sp³-hybridized carbons (Fsp3) is 0.273. The van der Waals surface area contributed by atoms with Crippen LogP contribution in [0.25, 0.3) is 16.9 Å².